The Hall–Kier alpha value is -1.40. The summed E-state index contributed by atoms with van der Waals surface area (Å²) in [5, 5.41) is 14.6. The lowest BCUT2D eigenvalue weighted by molar-refractivity contribution is -0.108. The van der Waals surface area contributed by atoms with Gasteiger partial charge < -0.3 is 14.6 Å². The third-order valence-corrected chi connectivity index (χ3v) is 1.50. The van der Waals surface area contributed by atoms with E-state index in [0.29, 0.717) is 5.69 Å². The van der Waals surface area contributed by atoms with Crippen molar-refractivity contribution in [1.82, 2.24) is 10.2 Å². The number of methoxy groups -OCH3 is 2. The lowest BCUT2D eigenvalue weighted by Crippen LogP contribution is -2.03. The van der Waals surface area contributed by atoms with Crippen molar-refractivity contribution in [1.29, 1.82) is 0 Å². The fourth-order valence-corrected chi connectivity index (χ4v) is 0.917. The molecule has 0 amide bonds. The SMILES string of the molecule is COC(OC)c1cc(C(=O)O)n[nH]1. The maximum atomic E-state index is 10.4. The van der Waals surface area contributed by atoms with Crippen LogP contribution >= 0.6 is 0 Å². The molecule has 6 nitrogen and oxygen atoms in total. The topological polar surface area (TPSA) is 84.4 Å². The Morgan fingerprint density at radius 3 is 2.62 bits per heavy atom. The summed E-state index contributed by atoms with van der Waals surface area (Å²) in [5.74, 6) is -1.09. The first-order valence-electron chi connectivity index (χ1n) is 3.53. The van der Waals surface area contributed by atoms with Gasteiger partial charge in [-0.2, -0.15) is 5.10 Å². The first-order valence-corrected chi connectivity index (χ1v) is 3.53. The lowest BCUT2D eigenvalue weighted by Gasteiger charge is -2.09. The molecule has 1 rings (SSSR count). The van der Waals surface area contributed by atoms with Crippen molar-refractivity contribution in [3.8, 4) is 0 Å². The molecule has 0 unspecified atom stereocenters. The van der Waals surface area contributed by atoms with E-state index in [-0.39, 0.29) is 5.69 Å². The van der Waals surface area contributed by atoms with E-state index < -0.39 is 12.3 Å². The molecular formula is C7H10N2O4. The van der Waals surface area contributed by atoms with Gasteiger partial charge in [-0.05, 0) is 6.07 Å². The second-order valence-electron chi connectivity index (χ2n) is 2.32. The molecule has 0 aliphatic heterocycles. The number of carboxylic acids is 1. The molecule has 1 heterocycles. The van der Waals surface area contributed by atoms with E-state index in [1.54, 1.807) is 0 Å². The van der Waals surface area contributed by atoms with Crippen LogP contribution in [0.5, 0.6) is 0 Å². The number of H-pyrrole nitrogens is 1. The van der Waals surface area contributed by atoms with Gasteiger partial charge in [-0.3, -0.25) is 5.10 Å². The van der Waals surface area contributed by atoms with Gasteiger partial charge in [0.25, 0.3) is 0 Å². The second kappa shape index (κ2) is 4.01. The molecule has 0 aromatic carbocycles. The molecule has 2 N–H and O–H groups in total. The first-order chi connectivity index (χ1) is 6.19. The van der Waals surface area contributed by atoms with Gasteiger partial charge in [-0.1, -0.05) is 0 Å². The number of hydrogen-bond donors (Lipinski definition) is 2. The zero-order chi connectivity index (χ0) is 9.84. The van der Waals surface area contributed by atoms with Gasteiger partial charge in [0.2, 0.25) is 0 Å². The van der Waals surface area contributed by atoms with Crippen LogP contribution in [0, 0.1) is 0 Å². The Morgan fingerprint density at radius 2 is 2.23 bits per heavy atom. The van der Waals surface area contributed by atoms with E-state index in [2.05, 4.69) is 10.2 Å². The molecule has 0 bridgehead atoms. The summed E-state index contributed by atoms with van der Waals surface area (Å²) in [6.07, 6.45) is -0.611. The highest BCUT2D eigenvalue weighted by molar-refractivity contribution is 5.85. The van der Waals surface area contributed by atoms with Crippen LogP contribution in [0.1, 0.15) is 22.5 Å². The highest BCUT2D eigenvalue weighted by Gasteiger charge is 2.15. The Labute approximate surface area is 74.5 Å². The maximum Gasteiger partial charge on any atom is 0.356 e. The number of ether oxygens (including phenoxy) is 2. The van der Waals surface area contributed by atoms with Crippen molar-refractivity contribution in [2.75, 3.05) is 14.2 Å². The summed E-state index contributed by atoms with van der Waals surface area (Å²) >= 11 is 0. The molecule has 0 aliphatic rings. The number of hydrogen-bond acceptors (Lipinski definition) is 4. The van der Waals surface area contributed by atoms with Gasteiger partial charge >= 0.3 is 5.97 Å². The number of rotatable bonds is 4. The summed E-state index contributed by atoms with van der Waals surface area (Å²) in [6, 6.07) is 1.36. The van der Waals surface area contributed by atoms with Crippen molar-refractivity contribution < 1.29 is 19.4 Å². The molecular weight excluding hydrogens is 176 g/mol. The van der Waals surface area contributed by atoms with E-state index in [9.17, 15) is 4.79 Å². The van der Waals surface area contributed by atoms with Gasteiger partial charge in [-0.15, -0.1) is 0 Å². The molecule has 13 heavy (non-hydrogen) atoms. The zero-order valence-electron chi connectivity index (χ0n) is 7.27. The number of aromatic nitrogens is 2. The molecule has 0 aliphatic carbocycles. The zero-order valence-corrected chi connectivity index (χ0v) is 7.27. The summed E-state index contributed by atoms with van der Waals surface area (Å²) in [7, 11) is 2.91. The monoisotopic (exact) mass is 186 g/mol. The third kappa shape index (κ3) is 2.04. The second-order valence-corrected chi connectivity index (χ2v) is 2.32. The van der Waals surface area contributed by atoms with Gasteiger partial charge in [0.15, 0.2) is 12.0 Å². The average Bonchev–Trinajstić information content (AvgIpc) is 2.56. The quantitative estimate of drug-likeness (QED) is 0.665. The minimum absolute atomic E-state index is 0.0610. The van der Waals surface area contributed by atoms with Gasteiger partial charge in [0.05, 0.1) is 5.69 Å². The molecule has 0 atom stereocenters. The van der Waals surface area contributed by atoms with E-state index in [0.717, 1.165) is 0 Å². The number of carboxylic acid groups (broad SMARTS) is 1. The molecule has 0 spiro atoms. The number of carbonyl (C=O) groups is 1. The standard InChI is InChI=1S/C7H10N2O4/c1-12-7(13-2)5-3-4(6(10)11)8-9-5/h3,7H,1-2H3,(H,8,9)(H,10,11). The molecule has 6 heteroatoms. The van der Waals surface area contributed by atoms with Gasteiger partial charge in [0.1, 0.15) is 0 Å². The highest BCUT2D eigenvalue weighted by Crippen LogP contribution is 2.14. The first kappa shape index (κ1) is 9.69. The third-order valence-electron chi connectivity index (χ3n) is 1.50. The molecule has 0 fully saturated rings. The number of aromatic carboxylic acids is 1. The van der Waals surface area contributed by atoms with E-state index in [4.69, 9.17) is 14.6 Å². The van der Waals surface area contributed by atoms with Crippen LogP contribution in [0.15, 0.2) is 6.07 Å². The molecule has 0 saturated carbocycles. The minimum atomic E-state index is -1.09. The van der Waals surface area contributed by atoms with Crippen LogP contribution in [0.4, 0.5) is 0 Å². The Balaban J connectivity index is 2.84. The Kier molecular flexibility index (Phi) is 2.99. The number of nitrogens with zero attached hydrogens (tertiary/aromatic N) is 1. The van der Waals surface area contributed by atoms with Crippen molar-refractivity contribution in [3.63, 3.8) is 0 Å². The van der Waals surface area contributed by atoms with Gasteiger partial charge in [-0.25, -0.2) is 4.79 Å². The van der Waals surface area contributed by atoms with Crippen LogP contribution in [-0.4, -0.2) is 35.5 Å². The fourth-order valence-electron chi connectivity index (χ4n) is 0.917. The lowest BCUT2D eigenvalue weighted by atomic mass is 10.3. The molecule has 1 aromatic rings. The summed E-state index contributed by atoms with van der Waals surface area (Å²) in [6.45, 7) is 0. The van der Waals surface area contributed by atoms with E-state index in [1.807, 2.05) is 0 Å². The van der Waals surface area contributed by atoms with Crippen LogP contribution < -0.4 is 0 Å². The van der Waals surface area contributed by atoms with Crippen molar-refractivity contribution in [2.24, 2.45) is 0 Å². The van der Waals surface area contributed by atoms with Gasteiger partial charge in [0, 0.05) is 14.2 Å². The number of aromatic amines is 1. The van der Waals surface area contributed by atoms with Crippen LogP contribution in [-0.2, 0) is 9.47 Å². The van der Waals surface area contributed by atoms with E-state index in [1.165, 1.54) is 20.3 Å². The van der Waals surface area contributed by atoms with Crippen LogP contribution in [0.25, 0.3) is 0 Å². The number of nitrogens with one attached hydrogen (secondary N) is 1. The van der Waals surface area contributed by atoms with Crippen molar-refractivity contribution in [2.45, 2.75) is 6.29 Å². The van der Waals surface area contributed by atoms with Crippen LogP contribution in [0.3, 0.4) is 0 Å². The largest absolute Gasteiger partial charge is 0.476 e. The summed E-state index contributed by atoms with van der Waals surface area (Å²) < 4.78 is 9.78. The van der Waals surface area contributed by atoms with Crippen molar-refractivity contribution in [3.05, 3.63) is 17.5 Å². The fraction of sp³-hybridized carbons (Fsp3) is 0.429. The van der Waals surface area contributed by atoms with E-state index >= 15 is 0 Å². The maximum absolute atomic E-state index is 10.4. The predicted octanol–water partition coefficient (Wildman–Crippen LogP) is 0.399. The average molecular weight is 186 g/mol. The smallest absolute Gasteiger partial charge is 0.356 e. The molecule has 1 aromatic heterocycles. The molecule has 72 valence electrons. The Morgan fingerprint density at radius 1 is 1.62 bits per heavy atom. The summed E-state index contributed by atoms with van der Waals surface area (Å²) in [4.78, 5) is 10.4. The minimum Gasteiger partial charge on any atom is -0.476 e. The predicted molar refractivity (Wildman–Crippen MR) is 42.3 cm³/mol. The molecule has 0 saturated heterocycles. The van der Waals surface area contributed by atoms with Crippen LogP contribution in [0.2, 0.25) is 0 Å². The summed E-state index contributed by atoms with van der Waals surface area (Å²) in [5.41, 5.74) is 0.413. The molecule has 0 radical (unpaired) electrons. The van der Waals surface area contributed by atoms with Crippen molar-refractivity contribution >= 4 is 5.97 Å². The Bertz CT molecular complexity index is 292. The highest BCUT2D eigenvalue weighted by atomic mass is 16.7. The normalized spacial score (nSPS) is 10.7.